The molecule has 0 saturated carbocycles. The first-order valence-electron chi connectivity index (χ1n) is 16.0. The van der Waals surface area contributed by atoms with Crippen molar-refractivity contribution >= 4 is 20.3 Å². The summed E-state index contributed by atoms with van der Waals surface area (Å²) in [4.78, 5) is 23.9. The van der Waals surface area contributed by atoms with Gasteiger partial charge in [0.25, 0.3) is 0 Å². The largest absolute Gasteiger partial charge is 0.460 e. The first-order chi connectivity index (χ1) is 18.6. The molecular formula is C33H64O6Si. The van der Waals surface area contributed by atoms with Crippen LogP contribution in [-0.2, 0) is 23.5 Å². The third-order valence-corrected chi connectivity index (χ3v) is 13.7. The lowest BCUT2D eigenvalue weighted by molar-refractivity contribution is -0.155. The van der Waals surface area contributed by atoms with E-state index >= 15 is 0 Å². The molecule has 0 aliphatic rings. The number of aliphatic hydroxyl groups excluding tert-OH is 1. The van der Waals surface area contributed by atoms with E-state index in [-0.39, 0.29) is 24.1 Å². The summed E-state index contributed by atoms with van der Waals surface area (Å²) < 4.78 is 18.3. The Morgan fingerprint density at radius 3 is 1.82 bits per heavy atom. The Morgan fingerprint density at radius 1 is 0.800 bits per heavy atom. The van der Waals surface area contributed by atoms with Gasteiger partial charge in [-0.25, -0.2) is 0 Å². The highest BCUT2D eigenvalue weighted by atomic mass is 28.4. The van der Waals surface area contributed by atoms with Crippen molar-refractivity contribution in [2.75, 3.05) is 0 Å². The smallest absolute Gasteiger partial charge is 0.306 e. The van der Waals surface area contributed by atoms with Crippen molar-refractivity contribution < 1.29 is 28.6 Å². The van der Waals surface area contributed by atoms with Gasteiger partial charge in [-0.1, -0.05) is 99.1 Å². The van der Waals surface area contributed by atoms with Gasteiger partial charge in [0.15, 0.2) is 0 Å². The van der Waals surface area contributed by atoms with E-state index in [0.29, 0.717) is 29.5 Å². The first-order valence-corrected chi connectivity index (χ1v) is 18.1. The second-order valence-corrected chi connectivity index (χ2v) is 18.8. The van der Waals surface area contributed by atoms with Gasteiger partial charge in [-0.3, -0.25) is 9.59 Å². The minimum absolute atomic E-state index is 0.133. The van der Waals surface area contributed by atoms with Gasteiger partial charge in [0.1, 0.15) is 17.8 Å². The Kier molecular flexibility index (Phi) is 19.3. The molecule has 40 heavy (non-hydrogen) atoms. The molecule has 1 N–H and O–H groups in total. The van der Waals surface area contributed by atoms with Crippen LogP contribution in [0, 0.1) is 0 Å². The number of unbranched alkanes of at least 4 members (excludes halogenated alkanes) is 6. The highest BCUT2D eigenvalue weighted by molar-refractivity contribution is 6.77. The van der Waals surface area contributed by atoms with Crippen LogP contribution in [0.2, 0.25) is 16.6 Å². The van der Waals surface area contributed by atoms with Crippen LogP contribution < -0.4 is 0 Å². The van der Waals surface area contributed by atoms with Crippen molar-refractivity contribution in [3.05, 3.63) is 12.2 Å². The lowest BCUT2D eigenvalue weighted by Crippen LogP contribution is -2.52. The van der Waals surface area contributed by atoms with Crippen LogP contribution in [0.3, 0.4) is 0 Å². The third-order valence-electron chi connectivity index (χ3n) is 7.65. The average Bonchev–Trinajstić information content (AvgIpc) is 2.81. The Bertz CT molecular complexity index is 703. The van der Waals surface area contributed by atoms with Gasteiger partial charge >= 0.3 is 11.9 Å². The van der Waals surface area contributed by atoms with E-state index in [1.165, 1.54) is 6.92 Å². The quantitative estimate of drug-likeness (QED) is 0.0627. The Labute approximate surface area is 248 Å². The number of aliphatic hydroxyl groups is 1. The molecule has 0 saturated heterocycles. The molecule has 7 heteroatoms. The highest BCUT2D eigenvalue weighted by Gasteiger charge is 2.47. The van der Waals surface area contributed by atoms with E-state index < -0.39 is 20.0 Å². The topological polar surface area (TPSA) is 82.1 Å². The molecule has 0 radical (unpaired) electrons. The molecular weight excluding hydrogens is 520 g/mol. The molecule has 3 atom stereocenters. The second-order valence-electron chi connectivity index (χ2n) is 13.4. The van der Waals surface area contributed by atoms with E-state index in [4.69, 9.17) is 13.9 Å². The molecule has 0 aliphatic heterocycles. The van der Waals surface area contributed by atoms with Crippen molar-refractivity contribution in [3.8, 4) is 0 Å². The van der Waals surface area contributed by atoms with Crippen molar-refractivity contribution in [1.82, 2.24) is 0 Å². The summed E-state index contributed by atoms with van der Waals surface area (Å²) in [5, 5.41) is 10.8. The summed E-state index contributed by atoms with van der Waals surface area (Å²) in [6, 6.07) is 0. The van der Waals surface area contributed by atoms with E-state index in [9.17, 15) is 14.7 Å². The number of rotatable bonds is 21. The first kappa shape index (κ1) is 38.8. The predicted octanol–water partition coefficient (Wildman–Crippen LogP) is 9.05. The number of carbonyl (C=O) groups is 2. The van der Waals surface area contributed by atoms with Crippen LogP contribution in [-0.4, -0.2) is 49.3 Å². The zero-order valence-electron chi connectivity index (χ0n) is 27.9. The lowest BCUT2D eigenvalue weighted by atomic mass is 10.0. The van der Waals surface area contributed by atoms with E-state index in [1.54, 1.807) is 0 Å². The molecule has 0 fully saturated rings. The predicted molar refractivity (Wildman–Crippen MR) is 169 cm³/mol. The average molecular weight is 585 g/mol. The monoisotopic (exact) mass is 584 g/mol. The fourth-order valence-corrected chi connectivity index (χ4v) is 11.4. The fourth-order valence-electron chi connectivity index (χ4n) is 5.86. The molecule has 0 rings (SSSR count). The molecule has 0 heterocycles. The van der Waals surface area contributed by atoms with Gasteiger partial charge in [0, 0.05) is 13.3 Å². The number of ether oxygens (including phenoxy) is 2. The number of hydrogen-bond donors (Lipinski definition) is 1. The maximum atomic E-state index is 12.1. The normalized spacial score (nSPS) is 15.2. The number of esters is 2. The van der Waals surface area contributed by atoms with Gasteiger partial charge < -0.3 is 19.0 Å². The van der Waals surface area contributed by atoms with Crippen molar-refractivity contribution in [2.24, 2.45) is 0 Å². The summed E-state index contributed by atoms with van der Waals surface area (Å²) in [6.45, 7) is 22.8. The molecule has 0 aliphatic carbocycles. The van der Waals surface area contributed by atoms with Crippen LogP contribution in [0.1, 0.15) is 147 Å². The lowest BCUT2D eigenvalue weighted by Gasteiger charge is -2.45. The van der Waals surface area contributed by atoms with Crippen LogP contribution in [0.15, 0.2) is 12.2 Å². The van der Waals surface area contributed by atoms with Crippen LogP contribution >= 0.6 is 0 Å². The molecule has 0 unspecified atom stereocenters. The Balaban J connectivity index is 5.29. The Hall–Kier alpha value is -1.18. The number of carbonyl (C=O) groups excluding carboxylic acids is 2. The third kappa shape index (κ3) is 15.7. The summed E-state index contributed by atoms with van der Waals surface area (Å²) in [5.41, 5.74) is 0.771. The van der Waals surface area contributed by atoms with Crippen molar-refractivity contribution in [1.29, 1.82) is 0 Å². The minimum atomic E-state index is -2.25. The maximum Gasteiger partial charge on any atom is 0.306 e. The van der Waals surface area contributed by atoms with Crippen LogP contribution in [0.4, 0.5) is 0 Å². The summed E-state index contributed by atoms with van der Waals surface area (Å²) in [6.07, 6.45) is 12.3. The highest BCUT2D eigenvalue weighted by Crippen LogP contribution is 2.43. The summed E-state index contributed by atoms with van der Waals surface area (Å²) in [7, 11) is -2.25. The van der Waals surface area contributed by atoms with Gasteiger partial charge in [-0.2, -0.15) is 0 Å². The van der Waals surface area contributed by atoms with Gasteiger partial charge in [0.05, 0.1) is 6.10 Å². The van der Waals surface area contributed by atoms with E-state index in [2.05, 4.69) is 48.5 Å². The fraction of sp³-hybridized carbons (Fsp3) is 0.879. The summed E-state index contributed by atoms with van der Waals surface area (Å²) >= 11 is 0. The molecule has 6 nitrogen and oxygen atoms in total. The SMILES string of the molecule is CCCCC[C@H](OC(C)=O)[C@@H](/C=C/[C@H](O)CCCCCCCC(=O)OC(C)(C)C)O[Si](C(C)C)(C(C)C)C(C)C. The molecule has 236 valence electrons. The minimum Gasteiger partial charge on any atom is -0.460 e. The van der Waals surface area contributed by atoms with Crippen LogP contribution in [0.5, 0.6) is 0 Å². The van der Waals surface area contributed by atoms with Gasteiger partial charge in [-0.05, 0) is 63.1 Å². The summed E-state index contributed by atoms with van der Waals surface area (Å²) in [5.74, 6) is -0.423. The molecule has 0 bridgehead atoms. The van der Waals surface area contributed by atoms with Crippen molar-refractivity contribution in [2.45, 2.75) is 187 Å². The zero-order chi connectivity index (χ0) is 30.9. The van der Waals surface area contributed by atoms with E-state index in [0.717, 1.165) is 57.8 Å². The van der Waals surface area contributed by atoms with Crippen molar-refractivity contribution in [3.63, 3.8) is 0 Å². The van der Waals surface area contributed by atoms with Gasteiger partial charge in [0.2, 0.25) is 8.32 Å². The van der Waals surface area contributed by atoms with Gasteiger partial charge in [-0.15, -0.1) is 0 Å². The molecule has 0 spiro atoms. The molecule has 0 aromatic carbocycles. The molecule has 0 aromatic heterocycles. The second kappa shape index (κ2) is 19.9. The number of hydrogen-bond acceptors (Lipinski definition) is 6. The Morgan fingerprint density at radius 2 is 1.32 bits per heavy atom. The zero-order valence-corrected chi connectivity index (χ0v) is 28.9. The standard InChI is InChI=1S/C33H64O6Si/c1-12-13-17-21-30(37-28(8)34)31(39-40(25(2)3,26(4)5)27(6)7)24-23-29(35)20-18-15-14-16-19-22-32(36)38-33(9,10)11/h23-27,29-31,35H,12-22H2,1-11H3/b24-23+/t29-,30+,31-/m1/s1. The van der Waals surface area contributed by atoms with E-state index in [1.807, 2.05) is 32.9 Å². The van der Waals surface area contributed by atoms with Crippen LogP contribution in [0.25, 0.3) is 0 Å². The molecule has 0 amide bonds. The maximum absolute atomic E-state index is 12.1. The molecule has 0 aromatic rings.